The van der Waals surface area contributed by atoms with E-state index in [9.17, 15) is 0 Å². The topological polar surface area (TPSA) is 24.7 Å². The number of aliphatic imine (C=N–C) groups is 2. The average molecular weight is 124 g/mol. The van der Waals surface area contributed by atoms with Crippen LogP contribution in [0.15, 0.2) is 9.98 Å². The van der Waals surface area contributed by atoms with Gasteiger partial charge >= 0.3 is 0 Å². The number of nitrogens with zero attached hydrogens (tertiary/aromatic N) is 2. The second-order valence-corrected chi connectivity index (χ2v) is 2.41. The van der Waals surface area contributed by atoms with Crippen molar-refractivity contribution in [2.75, 3.05) is 13.1 Å². The van der Waals surface area contributed by atoms with Gasteiger partial charge in [0.2, 0.25) is 0 Å². The van der Waals surface area contributed by atoms with Gasteiger partial charge in [-0.25, -0.2) is 0 Å². The number of hydrogen-bond acceptors (Lipinski definition) is 2. The Balaban J connectivity index is 2.61. The van der Waals surface area contributed by atoms with Crippen LogP contribution in [-0.2, 0) is 0 Å². The van der Waals surface area contributed by atoms with Crippen LogP contribution in [0.4, 0.5) is 0 Å². The lowest BCUT2D eigenvalue weighted by atomic mass is 10.2. The van der Waals surface area contributed by atoms with Gasteiger partial charge in [0, 0.05) is 17.8 Å². The minimum atomic E-state index is 0.878. The first kappa shape index (κ1) is 6.46. The SMILES string of the molecule is CC1=NCCN=C(C)C1. The van der Waals surface area contributed by atoms with Crippen LogP contribution in [0.25, 0.3) is 0 Å². The first-order valence-electron chi connectivity index (χ1n) is 3.29. The summed E-state index contributed by atoms with van der Waals surface area (Å²) in [7, 11) is 0. The van der Waals surface area contributed by atoms with Crippen molar-refractivity contribution in [3.05, 3.63) is 0 Å². The van der Waals surface area contributed by atoms with Gasteiger partial charge in [-0.15, -0.1) is 0 Å². The second-order valence-electron chi connectivity index (χ2n) is 2.41. The van der Waals surface area contributed by atoms with E-state index < -0.39 is 0 Å². The molecule has 0 saturated heterocycles. The van der Waals surface area contributed by atoms with Crippen LogP contribution in [0.1, 0.15) is 20.3 Å². The third kappa shape index (κ3) is 1.96. The molecule has 0 bridgehead atoms. The molecule has 2 heteroatoms. The van der Waals surface area contributed by atoms with E-state index >= 15 is 0 Å². The van der Waals surface area contributed by atoms with E-state index in [1.165, 1.54) is 11.4 Å². The summed E-state index contributed by atoms with van der Waals surface area (Å²) in [5.74, 6) is 0. The highest BCUT2D eigenvalue weighted by Gasteiger charge is 1.98. The normalized spacial score (nSPS) is 20.2. The minimum Gasteiger partial charge on any atom is -0.292 e. The molecular weight excluding hydrogens is 112 g/mol. The molecule has 2 nitrogen and oxygen atoms in total. The van der Waals surface area contributed by atoms with E-state index in [1.807, 2.05) is 0 Å². The van der Waals surface area contributed by atoms with Crippen LogP contribution in [0, 0.1) is 0 Å². The first-order chi connectivity index (χ1) is 4.29. The molecule has 0 unspecified atom stereocenters. The maximum absolute atomic E-state index is 4.28. The lowest BCUT2D eigenvalue weighted by Crippen LogP contribution is -1.97. The van der Waals surface area contributed by atoms with Crippen molar-refractivity contribution in [1.82, 2.24) is 0 Å². The molecule has 9 heavy (non-hydrogen) atoms. The van der Waals surface area contributed by atoms with Crippen LogP contribution >= 0.6 is 0 Å². The van der Waals surface area contributed by atoms with Crippen LogP contribution < -0.4 is 0 Å². The van der Waals surface area contributed by atoms with Crippen molar-refractivity contribution < 1.29 is 0 Å². The highest BCUT2D eigenvalue weighted by atomic mass is 14.8. The summed E-state index contributed by atoms with van der Waals surface area (Å²) in [6, 6.07) is 0. The predicted molar refractivity (Wildman–Crippen MR) is 40.6 cm³/mol. The van der Waals surface area contributed by atoms with E-state index in [2.05, 4.69) is 23.8 Å². The van der Waals surface area contributed by atoms with Crippen LogP contribution in [0.5, 0.6) is 0 Å². The second kappa shape index (κ2) is 2.76. The number of rotatable bonds is 0. The fourth-order valence-electron chi connectivity index (χ4n) is 0.964. The lowest BCUT2D eigenvalue weighted by Gasteiger charge is -1.92. The van der Waals surface area contributed by atoms with Gasteiger partial charge in [-0.2, -0.15) is 0 Å². The van der Waals surface area contributed by atoms with Crippen molar-refractivity contribution in [2.24, 2.45) is 9.98 Å². The molecule has 0 aromatic rings. The van der Waals surface area contributed by atoms with E-state index in [1.54, 1.807) is 0 Å². The van der Waals surface area contributed by atoms with Gasteiger partial charge in [0.05, 0.1) is 13.1 Å². The molecular formula is C7H12N2. The third-order valence-electron chi connectivity index (χ3n) is 1.38. The fraction of sp³-hybridized carbons (Fsp3) is 0.714. The summed E-state index contributed by atoms with van der Waals surface area (Å²) in [6.45, 7) is 5.88. The van der Waals surface area contributed by atoms with E-state index in [-0.39, 0.29) is 0 Å². The Morgan fingerprint density at radius 2 is 1.44 bits per heavy atom. The molecule has 50 valence electrons. The summed E-state index contributed by atoms with van der Waals surface area (Å²) < 4.78 is 0. The lowest BCUT2D eigenvalue weighted by molar-refractivity contribution is 0.983. The summed E-state index contributed by atoms with van der Waals surface area (Å²) in [4.78, 5) is 8.55. The van der Waals surface area contributed by atoms with Crippen LogP contribution in [0.3, 0.4) is 0 Å². The van der Waals surface area contributed by atoms with Crippen molar-refractivity contribution in [3.63, 3.8) is 0 Å². The molecule has 1 aliphatic heterocycles. The van der Waals surface area contributed by atoms with Gasteiger partial charge in [0.1, 0.15) is 0 Å². The highest BCUT2D eigenvalue weighted by molar-refractivity contribution is 6.02. The van der Waals surface area contributed by atoms with Crippen molar-refractivity contribution in [1.29, 1.82) is 0 Å². The Morgan fingerprint density at radius 1 is 1.00 bits per heavy atom. The van der Waals surface area contributed by atoms with E-state index in [4.69, 9.17) is 0 Å². The average Bonchev–Trinajstić information content (AvgIpc) is 1.93. The monoisotopic (exact) mass is 124 g/mol. The molecule has 1 aliphatic rings. The van der Waals surface area contributed by atoms with Crippen LogP contribution in [-0.4, -0.2) is 24.5 Å². The Hall–Kier alpha value is -0.660. The molecule has 1 rings (SSSR count). The molecule has 0 aromatic heterocycles. The Kier molecular flexibility index (Phi) is 1.98. The van der Waals surface area contributed by atoms with Gasteiger partial charge in [-0.3, -0.25) is 9.98 Å². The highest BCUT2D eigenvalue weighted by Crippen LogP contribution is 1.95. The van der Waals surface area contributed by atoms with Gasteiger partial charge in [0.25, 0.3) is 0 Å². The third-order valence-corrected chi connectivity index (χ3v) is 1.38. The molecule has 0 aromatic carbocycles. The molecule has 0 N–H and O–H groups in total. The maximum Gasteiger partial charge on any atom is 0.0584 e. The molecule has 0 radical (unpaired) electrons. The van der Waals surface area contributed by atoms with Crippen molar-refractivity contribution in [2.45, 2.75) is 20.3 Å². The minimum absolute atomic E-state index is 0.878. The largest absolute Gasteiger partial charge is 0.292 e. The summed E-state index contributed by atoms with van der Waals surface area (Å²) >= 11 is 0. The van der Waals surface area contributed by atoms with Gasteiger partial charge in [-0.1, -0.05) is 0 Å². The Labute approximate surface area is 55.7 Å². The standard InChI is InChI=1S/C7H12N2/c1-6-5-7(2)9-4-3-8-6/h3-5H2,1-2H3. The molecule has 1 heterocycles. The van der Waals surface area contributed by atoms with E-state index in [0.29, 0.717) is 0 Å². The number of hydrogen-bond donors (Lipinski definition) is 0. The van der Waals surface area contributed by atoms with Crippen molar-refractivity contribution in [3.8, 4) is 0 Å². The van der Waals surface area contributed by atoms with Gasteiger partial charge < -0.3 is 0 Å². The predicted octanol–water partition coefficient (Wildman–Crippen LogP) is 1.31. The Bertz CT molecular complexity index is 138. The van der Waals surface area contributed by atoms with Crippen molar-refractivity contribution >= 4 is 11.4 Å². The quantitative estimate of drug-likeness (QED) is 0.465. The smallest absolute Gasteiger partial charge is 0.0584 e. The zero-order valence-corrected chi connectivity index (χ0v) is 6.02. The molecule has 0 atom stereocenters. The fourth-order valence-corrected chi connectivity index (χ4v) is 0.964. The first-order valence-corrected chi connectivity index (χ1v) is 3.29. The van der Waals surface area contributed by atoms with Crippen LogP contribution in [0.2, 0.25) is 0 Å². The maximum atomic E-state index is 4.28. The zero-order chi connectivity index (χ0) is 6.69. The summed E-state index contributed by atoms with van der Waals surface area (Å²) in [6.07, 6.45) is 0.972. The van der Waals surface area contributed by atoms with Gasteiger partial charge in [-0.05, 0) is 13.8 Å². The molecule has 0 saturated carbocycles. The molecule has 0 fully saturated rings. The molecule has 0 amide bonds. The molecule has 0 spiro atoms. The Morgan fingerprint density at radius 3 is 1.89 bits per heavy atom. The van der Waals surface area contributed by atoms with Gasteiger partial charge in [0.15, 0.2) is 0 Å². The summed E-state index contributed by atoms with van der Waals surface area (Å²) in [5.41, 5.74) is 2.43. The molecule has 0 aliphatic carbocycles. The summed E-state index contributed by atoms with van der Waals surface area (Å²) in [5, 5.41) is 0. The van der Waals surface area contributed by atoms with E-state index in [0.717, 1.165) is 19.5 Å². The zero-order valence-electron chi connectivity index (χ0n) is 6.02.